The van der Waals surface area contributed by atoms with Crippen molar-refractivity contribution in [2.45, 2.75) is 38.4 Å². The second-order valence-electron chi connectivity index (χ2n) is 7.40. The number of nitrogens with one attached hydrogen (secondary N) is 2. The van der Waals surface area contributed by atoms with Gasteiger partial charge in [-0.1, -0.05) is 6.07 Å². The Bertz CT molecular complexity index is 859. The second kappa shape index (κ2) is 6.44. The minimum atomic E-state index is -4.58. The van der Waals surface area contributed by atoms with Crippen molar-refractivity contribution >= 4 is 5.95 Å². The van der Waals surface area contributed by atoms with E-state index in [1.54, 1.807) is 6.92 Å². The van der Waals surface area contributed by atoms with Crippen LogP contribution in [0.4, 0.5) is 23.5 Å². The van der Waals surface area contributed by atoms with Crippen molar-refractivity contribution in [2.75, 3.05) is 18.4 Å². The molecule has 144 valence electrons. The number of anilines is 1. The molecule has 1 aromatic heterocycles. The number of alkyl halides is 3. The van der Waals surface area contributed by atoms with Crippen molar-refractivity contribution in [3.63, 3.8) is 0 Å². The van der Waals surface area contributed by atoms with Crippen LogP contribution in [0.25, 0.3) is 11.1 Å². The van der Waals surface area contributed by atoms with Crippen LogP contribution in [0.15, 0.2) is 24.4 Å². The number of halogens is 4. The molecule has 2 N–H and O–H groups in total. The maximum Gasteiger partial charge on any atom is 0.416 e. The summed E-state index contributed by atoms with van der Waals surface area (Å²) >= 11 is 0. The van der Waals surface area contributed by atoms with E-state index < -0.39 is 17.6 Å². The molecule has 2 fully saturated rings. The van der Waals surface area contributed by atoms with Crippen molar-refractivity contribution in [3.8, 4) is 11.1 Å². The van der Waals surface area contributed by atoms with Crippen LogP contribution >= 0.6 is 0 Å². The largest absolute Gasteiger partial charge is 0.416 e. The lowest BCUT2D eigenvalue weighted by Crippen LogP contribution is -2.32. The van der Waals surface area contributed by atoms with Gasteiger partial charge in [-0.2, -0.15) is 13.2 Å². The van der Waals surface area contributed by atoms with Gasteiger partial charge in [-0.25, -0.2) is 14.4 Å². The van der Waals surface area contributed by atoms with Crippen molar-refractivity contribution in [1.29, 1.82) is 0 Å². The van der Waals surface area contributed by atoms with Crippen molar-refractivity contribution in [3.05, 3.63) is 41.5 Å². The van der Waals surface area contributed by atoms with Crippen LogP contribution in [-0.2, 0) is 6.18 Å². The lowest BCUT2D eigenvalue weighted by Gasteiger charge is -2.23. The molecule has 4 nitrogen and oxygen atoms in total. The SMILES string of the molecule is Cc1nc(NC2CC23CCNCC3)ncc1-c1ccc(C(F)(F)F)cc1F. The van der Waals surface area contributed by atoms with Gasteiger partial charge in [0.2, 0.25) is 5.95 Å². The van der Waals surface area contributed by atoms with Crippen LogP contribution in [-0.4, -0.2) is 29.1 Å². The van der Waals surface area contributed by atoms with Gasteiger partial charge in [0.25, 0.3) is 0 Å². The number of hydrogen-bond acceptors (Lipinski definition) is 4. The van der Waals surface area contributed by atoms with Gasteiger partial charge in [-0.15, -0.1) is 0 Å². The van der Waals surface area contributed by atoms with Crippen molar-refractivity contribution in [2.24, 2.45) is 5.41 Å². The minimum absolute atomic E-state index is 0.0632. The highest BCUT2D eigenvalue weighted by Crippen LogP contribution is 2.53. The molecule has 8 heteroatoms. The molecule has 1 aromatic carbocycles. The molecular formula is C19H20F4N4. The topological polar surface area (TPSA) is 49.8 Å². The molecule has 1 atom stereocenters. The molecule has 0 radical (unpaired) electrons. The Hall–Kier alpha value is -2.22. The Balaban J connectivity index is 1.52. The van der Waals surface area contributed by atoms with E-state index in [1.807, 2.05) is 0 Å². The van der Waals surface area contributed by atoms with E-state index in [9.17, 15) is 17.6 Å². The Kier molecular flexibility index (Phi) is 4.33. The Morgan fingerprint density at radius 2 is 1.93 bits per heavy atom. The van der Waals surface area contributed by atoms with E-state index in [2.05, 4.69) is 20.6 Å². The third-order valence-electron chi connectivity index (χ3n) is 5.66. The van der Waals surface area contributed by atoms with Gasteiger partial charge in [-0.05, 0) is 56.8 Å². The molecule has 1 aliphatic carbocycles. The fourth-order valence-corrected chi connectivity index (χ4v) is 3.90. The third-order valence-corrected chi connectivity index (χ3v) is 5.66. The second-order valence-corrected chi connectivity index (χ2v) is 7.40. The third kappa shape index (κ3) is 3.50. The van der Waals surface area contributed by atoms with Crippen LogP contribution in [0.5, 0.6) is 0 Å². The highest BCUT2D eigenvalue weighted by atomic mass is 19.4. The molecule has 27 heavy (non-hydrogen) atoms. The predicted molar refractivity (Wildman–Crippen MR) is 93.7 cm³/mol. The molecule has 0 amide bonds. The molecule has 2 aromatic rings. The molecule has 1 unspecified atom stereocenters. The smallest absolute Gasteiger partial charge is 0.351 e. The van der Waals surface area contributed by atoms with Gasteiger partial charge in [0.05, 0.1) is 11.3 Å². The minimum Gasteiger partial charge on any atom is -0.351 e. The summed E-state index contributed by atoms with van der Waals surface area (Å²) in [4.78, 5) is 8.65. The predicted octanol–water partition coefficient (Wildman–Crippen LogP) is 4.16. The van der Waals surface area contributed by atoms with E-state index >= 15 is 0 Å². The normalized spacial score (nSPS) is 21.3. The Morgan fingerprint density at radius 1 is 1.19 bits per heavy atom. The molecule has 1 saturated carbocycles. The average Bonchev–Trinajstić information content (AvgIpc) is 3.26. The first kappa shape index (κ1) is 18.2. The lowest BCUT2D eigenvalue weighted by atomic mass is 9.94. The zero-order valence-corrected chi connectivity index (χ0v) is 14.8. The summed E-state index contributed by atoms with van der Waals surface area (Å²) in [6, 6.07) is 2.84. The van der Waals surface area contributed by atoms with Gasteiger partial charge in [0.15, 0.2) is 0 Å². The molecule has 0 bridgehead atoms. The van der Waals surface area contributed by atoms with E-state index in [-0.39, 0.29) is 5.56 Å². The maximum absolute atomic E-state index is 14.2. The lowest BCUT2D eigenvalue weighted by molar-refractivity contribution is -0.137. The highest BCUT2D eigenvalue weighted by molar-refractivity contribution is 5.66. The summed E-state index contributed by atoms with van der Waals surface area (Å²) in [5.74, 6) is -0.461. The van der Waals surface area contributed by atoms with Crippen LogP contribution < -0.4 is 10.6 Å². The standard InChI is InChI=1S/C19H20F4N4/c1-11-14(13-3-2-12(8-15(13)20)19(21,22)23)10-25-17(26-11)27-16-9-18(16)4-6-24-7-5-18/h2-3,8,10,16,24H,4-7,9H2,1H3,(H,25,26,27). The summed E-state index contributed by atoms with van der Waals surface area (Å²) in [6.07, 6.45) is 0.227. The molecular weight excluding hydrogens is 360 g/mol. The molecule has 2 heterocycles. The first-order chi connectivity index (χ1) is 12.8. The van der Waals surface area contributed by atoms with Gasteiger partial charge in [0.1, 0.15) is 5.82 Å². The summed E-state index contributed by atoms with van der Waals surface area (Å²) in [5, 5.41) is 6.70. The summed E-state index contributed by atoms with van der Waals surface area (Å²) in [5.41, 5.74) is 0.279. The highest BCUT2D eigenvalue weighted by Gasteiger charge is 2.54. The number of piperidine rings is 1. The van der Waals surface area contributed by atoms with Gasteiger partial charge < -0.3 is 10.6 Å². The Morgan fingerprint density at radius 3 is 2.56 bits per heavy atom. The molecule has 1 saturated heterocycles. The van der Waals surface area contributed by atoms with Crippen LogP contribution in [0.2, 0.25) is 0 Å². The van der Waals surface area contributed by atoms with Crippen LogP contribution in [0.3, 0.4) is 0 Å². The van der Waals surface area contributed by atoms with Crippen LogP contribution in [0.1, 0.15) is 30.5 Å². The summed E-state index contributed by atoms with van der Waals surface area (Å²) in [7, 11) is 0. The van der Waals surface area contributed by atoms with Crippen molar-refractivity contribution < 1.29 is 17.6 Å². The average molecular weight is 380 g/mol. The molecule has 1 spiro atoms. The first-order valence-electron chi connectivity index (χ1n) is 8.97. The van der Waals surface area contributed by atoms with Gasteiger partial charge in [0, 0.05) is 23.4 Å². The fourth-order valence-electron chi connectivity index (χ4n) is 3.90. The summed E-state index contributed by atoms with van der Waals surface area (Å²) in [6.45, 7) is 3.74. The molecule has 4 rings (SSSR count). The van der Waals surface area contributed by atoms with E-state index in [0.29, 0.717) is 34.7 Å². The zero-order valence-electron chi connectivity index (χ0n) is 14.8. The summed E-state index contributed by atoms with van der Waals surface area (Å²) < 4.78 is 52.4. The van der Waals surface area contributed by atoms with E-state index in [0.717, 1.165) is 44.5 Å². The fraction of sp³-hybridized carbons (Fsp3) is 0.474. The van der Waals surface area contributed by atoms with Crippen LogP contribution in [0, 0.1) is 18.2 Å². The van der Waals surface area contributed by atoms with Gasteiger partial charge >= 0.3 is 6.18 Å². The number of aromatic nitrogens is 2. The number of benzene rings is 1. The number of rotatable bonds is 3. The first-order valence-corrected chi connectivity index (χ1v) is 8.97. The monoisotopic (exact) mass is 380 g/mol. The van der Waals surface area contributed by atoms with Gasteiger partial charge in [-0.3, -0.25) is 0 Å². The van der Waals surface area contributed by atoms with E-state index in [4.69, 9.17) is 0 Å². The van der Waals surface area contributed by atoms with E-state index in [1.165, 1.54) is 6.20 Å². The number of hydrogen-bond donors (Lipinski definition) is 2. The molecule has 2 aliphatic rings. The maximum atomic E-state index is 14.2. The quantitative estimate of drug-likeness (QED) is 0.785. The molecule has 1 aliphatic heterocycles. The zero-order chi connectivity index (χ0) is 19.2. The van der Waals surface area contributed by atoms with Crippen molar-refractivity contribution in [1.82, 2.24) is 15.3 Å². The Labute approximate surface area is 154 Å². The number of aryl methyl sites for hydroxylation is 1. The number of nitrogens with zero attached hydrogens (tertiary/aromatic N) is 2.